The van der Waals surface area contributed by atoms with E-state index in [1.807, 2.05) is 26.0 Å². The Morgan fingerprint density at radius 2 is 1.80 bits per heavy atom. The summed E-state index contributed by atoms with van der Waals surface area (Å²) in [6.07, 6.45) is 0. The number of carbonyl (C=O) groups is 3. The molecule has 0 saturated carbocycles. The largest absolute Gasteiger partial charge is 0.324 e. The minimum Gasteiger partial charge on any atom is -0.324 e. The van der Waals surface area contributed by atoms with E-state index in [1.165, 1.54) is 15.9 Å². The lowest BCUT2D eigenvalue weighted by atomic mass is 10.0. The van der Waals surface area contributed by atoms with Gasteiger partial charge in [-0.25, -0.2) is 8.78 Å². The number of fused-ring (bicyclic) bond motifs is 2. The van der Waals surface area contributed by atoms with E-state index in [1.54, 1.807) is 30.3 Å². The minimum atomic E-state index is -1.52. The predicted molar refractivity (Wildman–Crippen MR) is 131 cm³/mol. The number of hydrogen-bond acceptors (Lipinski definition) is 4. The normalized spacial score (nSPS) is 19.0. The first-order chi connectivity index (χ1) is 16.7. The second-order valence-electron chi connectivity index (χ2n) is 8.54. The van der Waals surface area contributed by atoms with Gasteiger partial charge in [0.05, 0.1) is 11.4 Å². The highest BCUT2D eigenvalue weighted by Crippen LogP contribution is 2.55. The van der Waals surface area contributed by atoms with Gasteiger partial charge in [0.15, 0.2) is 11.6 Å². The highest BCUT2D eigenvalue weighted by Gasteiger charge is 2.61. The molecule has 2 aliphatic rings. The van der Waals surface area contributed by atoms with Crippen molar-refractivity contribution in [2.75, 3.05) is 27.4 Å². The standard InChI is InChI=1S/C26H21F2N3O3S/c1-15-7-10-21(16(2)11-15)29-23(32)13-30-22-6-4-3-5-18(22)26(25(30)34)31(24(33)14-35-26)17-8-9-19(27)20(28)12-17/h3-12H,13-14H2,1-2H3,(H,29,32). The molecule has 6 nitrogen and oxygen atoms in total. The van der Waals surface area contributed by atoms with Crippen molar-refractivity contribution in [1.82, 2.24) is 0 Å². The molecule has 1 spiro atoms. The highest BCUT2D eigenvalue weighted by molar-refractivity contribution is 8.02. The number of benzene rings is 3. The summed E-state index contributed by atoms with van der Waals surface area (Å²) in [6.45, 7) is 3.57. The van der Waals surface area contributed by atoms with Crippen molar-refractivity contribution >= 4 is 46.5 Å². The van der Waals surface area contributed by atoms with Crippen molar-refractivity contribution in [2.24, 2.45) is 0 Å². The summed E-state index contributed by atoms with van der Waals surface area (Å²) in [7, 11) is 0. The Morgan fingerprint density at radius 3 is 2.54 bits per heavy atom. The Kier molecular flexibility index (Phi) is 5.59. The zero-order chi connectivity index (χ0) is 24.9. The monoisotopic (exact) mass is 493 g/mol. The van der Waals surface area contributed by atoms with Crippen LogP contribution in [0.4, 0.5) is 25.8 Å². The maximum Gasteiger partial charge on any atom is 0.269 e. The van der Waals surface area contributed by atoms with Crippen molar-refractivity contribution < 1.29 is 23.2 Å². The number of hydrogen-bond donors (Lipinski definition) is 1. The third-order valence-electron chi connectivity index (χ3n) is 6.18. The second kappa shape index (κ2) is 8.49. The molecule has 5 rings (SSSR count). The smallest absolute Gasteiger partial charge is 0.269 e. The summed E-state index contributed by atoms with van der Waals surface area (Å²) < 4.78 is 27.7. The molecule has 178 valence electrons. The van der Waals surface area contributed by atoms with E-state index in [0.717, 1.165) is 35.0 Å². The van der Waals surface area contributed by atoms with Crippen LogP contribution in [0.2, 0.25) is 0 Å². The van der Waals surface area contributed by atoms with Crippen molar-refractivity contribution in [1.29, 1.82) is 0 Å². The van der Waals surface area contributed by atoms with Crippen LogP contribution < -0.4 is 15.1 Å². The van der Waals surface area contributed by atoms with E-state index in [0.29, 0.717) is 16.9 Å². The summed E-state index contributed by atoms with van der Waals surface area (Å²) in [4.78, 5) is 40.9. The van der Waals surface area contributed by atoms with Crippen LogP contribution in [0.15, 0.2) is 60.7 Å². The number of halogens is 2. The number of aryl methyl sites for hydroxylation is 2. The molecule has 3 amide bonds. The summed E-state index contributed by atoms with van der Waals surface area (Å²) in [6, 6.07) is 15.6. The van der Waals surface area contributed by atoms with Crippen molar-refractivity contribution in [3.8, 4) is 0 Å². The van der Waals surface area contributed by atoms with Crippen LogP contribution in [-0.4, -0.2) is 30.0 Å². The van der Waals surface area contributed by atoms with E-state index in [-0.39, 0.29) is 18.0 Å². The average Bonchev–Trinajstić information content (AvgIpc) is 3.29. The lowest BCUT2D eigenvalue weighted by Gasteiger charge is -2.33. The number of carbonyl (C=O) groups excluding carboxylic acids is 3. The van der Waals surface area contributed by atoms with E-state index in [2.05, 4.69) is 5.32 Å². The first-order valence-electron chi connectivity index (χ1n) is 10.9. The molecule has 0 aromatic heterocycles. The van der Waals surface area contributed by atoms with Crippen molar-refractivity contribution in [2.45, 2.75) is 18.7 Å². The molecule has 0 aliphatic carbocycles. The fourth-order valence-corrected chi connectivity index (χ4v) is 5.98. The number of nitrogens with zero attached hydrogens (tertiary/aromatic N) is 2. The Labute approximate surface area is 204 Å². The number of thioether (sulfide) groups is 1. The zero-order valence-corrected chi connectivity index (χ0v) is 19.8. The van der Waals surface area contributed by atoms with Crippen molar-refractivity contribution in [3.05, 3.63) is 89.0 Å². The minimum absolute atomic E-state index is 0.0261. The van der Waals surface area contributed by atoms with Crippen LogP contribution in [0.5, 0.6) is 0 Å². The Hall–Kier alpha value is -3.72. The quantitative estimate of drug-likeness (QED) is 0.581. The van der Waals surface area contributed by atoms with Crippen LogP contribution in [0.25, 0.3) is 0 Å². The first-order valence-corrected chi connectivity index (χ1v) is 11.9. The van der Waals surface area contributed by atoms with Gasteiger partial charge in [0, 0.05) is 23.0 Å². The van der Waals surface area contributed by atoms with Gasteiger partial charge in [-0.05, 0) is 43.7 Å². The van der Waals surface area contributed by atoms with E-state index in [4.69, 9.17) is 0 Å². The molecular formula is C26H21F2N3O3S. The van der Waals surface area contributed by atoms with Gasteiger partial charge in [-0.3, -0.25) is 24.2 Å². The van der Waals surface area contributed by atoms with Crippen LogP contribution in [-0.2, 0) is 19.3 Å². The highest BCUT2D eigenvalue weighted by atomic mass is 32.2. The molecule has 0 radical (unpaired) electrons. The summed E-state index contributed by atoms with van der Waals surface area (Å²) in [5.41, 5.74) is 3.68. The molecule has 35 heavy (non-hydrogen) atoms. The van der Waals surface area contributed by atoms with Crippen LogP contribution in [0.1, 0.15) is 16.7 Å². The van der Waals surface area contributed by atoms with E-state index < -0.39 is 34.2 Å². The summed E-state index contributed by atoms with van der Waals surface area (Å²) in [5.74, 6) is -3.50. The number of anilines is 3. The lowest BCUT2D eigenvalue weighted by molar-refractivity contribution is -0.124. The number of rotatable bonds is 4. The molecule has 3 aromatic rings. The molecule has 2 aliphatic heterocycles. The Bertz CT molecular complexity index is 1400. The van der Waals surface area contributed by atoms with Crippen molar-refractivity contribution in [3.63, 3.8) is 0 Å². The number of amides is 3. The predicted octanol–water partition coefficient (Wildman–Crippen LogP) is 4.50. The average molecular weight is 494 g/mol. The SMILES string of the molecule is Cc1ccc(NC(=O)CN2C(=O)C3(SCC(=O)N3c3ccc(F)c(F)c3)c3ccccc32)c(C)c1. The third-order valence-corrected chi connectivity index (χ3v) is 7.57. The van der Waals surface area contributed by atoms with Gasteiger partial charge in [0.25, 0.3) is 5.91 Å². The number of nitrogens with one attached hydrogen (secondary N) is 1. The second-order valence-corrected chi connectivity index (χ2v) is 9.70. The molecule has 1 saturated heterocycles. The lowest BCUT2D eigenvalue weighted by Crippen LogP contribution is -2.51. The Morgan fingerprint density at radius 1 is 1.03 bits per heavy atom. The van der Waals surface area contributed by atoms with Gasteiger partial charge >= 0.3 is 0 Å². The molecule has 0 bridgehead atoms. The van der Waals surface area contributed by atoms with Crippen LogP contribution in [0, 0.1) is 25.5 Å². The molecule has 1 N–H and O–H groups in total. The fraction of sp³-hybridized carbons (Fsp3) is 0.192. The van der Waals surface area contributed by atoms with Gasteiger partial charge in [-0.1, -0.05) is 35.9 Å². The van der Waals surface area contributed by atoms with E-state index >= 15 is 0 Å². The molecule has 3 aromatic carbocycles. The van der Waals surface area contributed by atoms with Gasteiger partial charge in [0.2, 0.25) is 16.7 Å². The van der Waals surface area contributed by atoms with Gasteiger partial charge < -0.3 is 5.32 Å². The first kappa shape index (κ1) is 23.0. The zero-order valence-electron chi connectivity index (χ0n) is 19.0. The maximum absolute atomic E-state index is 14.1. The fourth-order valence-electron chi connectivity index (χ4n) is 4.62. The molecule has 9 heteroatoms. The maximum atomic E-state index is 14.1. The summed E-state index contributed by atoms with van der Waals surface area (Å²) >= 11 is 1.10. The molecule has 1 atom stereocenters. The van der Waals surface area contributed by atoms with Gasteiger partial charge in [-0.15, -0.1) is 11.8 Å². The topological polar surface area (TPSA) is 69.7 Å². The van der Waals surface area contributed by atoms with Crippen LogP contribution >= 0.6 is 11.8 Å². The molecular weight excluding hydrogens is 472 g/mol. The van der Waals surface area contributed by atoms with Gasteiger partial charge in [0.1, 0.15) is 6.54 Å². The Balaban J connectivity index is 1.52. The molecule has 1 unspecified atom stereocenters. The number of para-hydroxylation sites is 1. The van der Waals surface area contributed by atoms with Gasteiger partial charge in [-0.2, -0.15) is 0 Å². The van der Waals surface area contributed by atoms with Crippen LogP contribution in [0.3, 0.4) is 0 Å². The summed E-state index contributed by atoms with van der Waals surface area (Å²) in [5, 5.41) is 2.85. The third kappa shape index (κ3) is 3.67. The molecule has 2 heterocycles. The van der Waals surface area contributed by atoms with E-state index in [9.17, 15) is 23.2 Å². The molecule has 1 fully saturated rings.